The van der Waals surface area contributed by atoms with Crippen LogP contribution in [0.15, 0.2) is 29.2 Å². The van der Waals surface area contributed by atoms with Gasteiger partial charge in [-0.25, -0.2) is 8.42 Å². The Morgan fingerprint density at radius 1 is 1.48 bits per heavy atom. The highest BCUT2D eigenvalue weighted by atomic mass is 32.2. The van der Waals surface area contributed by atoms with E-state index in [0.717, 1.165) is 13.1 Å². The Kier molecular flexibility index (Phi) is 5.70. The second-order valence-electron chi connectivity index (χ2n) is 4.73. The summed E-state index contributed by atoms with van der Waals surface area (Å²) in [6.45, 7) is 2.68. The van der Waals surface area contributed by atoms with Crippen LogP contribution in [0.5, 0.6) is 0 Å². The first-order valence-corrected chi connectivity index (χ1v) is 8.40. The molecule has 114 valence electrons. The van der Waals surface area contributed by atoms with Crippen LogP contribution in [0.1, 0.15) is 5.56 Å². The lowest BCUT2D eigenvalue weighted by Gasteiger charge is -2.23. The third kappa shape index (κ3) is 4.79. The standard InChI is InChI=1S/C14H18N2O4S/c15-9-12-2-1-3-14(8-12)21(17,18)7-6-19-11-13-10-16-4-5-20-13/h1-3,8,13,16H,4-7,10-11H2. The molecule has 0 radical (unpaired) electrons. The molecule has 7 heteroatoms. The molecule has 1 aromatic rings. The molecular weight excluding hydrogens is 292 g/mol. The first-order chi connectivity index (χ1) is 10.1. The average molecular weight is 310 g/mol. The highest BCUT2D eigenvalue weighted by Crippen LogP contribution is 2.13. The number of nitriles is 1. The van der Waals surface area contributed by atoms with Gasteiger partial charge in [0.1, 0.15) is 0 Å². The van der Waals surface area contributed by atoms with Crippen LogP contribution < -0.4 is 5.32 Å². The molecule has 1 aromatic carbocycles. The van der Waals surface area contributed by atoms with Crippen LogP contribution >= 0.6 is 0 Å². The number of nitrogens with one attached hydrogen (secondary N) is 1. The molecule has 1 fully saturated rings. The molecule has 21 heavy (non-hydrogen) atoms. The summed E-state index contributed by atoms with van der Waals surface area (Å²) in [6.07, 6.45) is -0.0247. The molecule has 6 nitrogen and oxygen atoms in total. The monoisotopic (exact) mass is 310 g/mol. The van der Waals surface area contributed by atoms with Gasteiger partial charge in [0.25, 0.3) is 0 Å². The Bertz CT molecular complexity index is 604. The van der Waals surface area contributed by atoms with Crippen molar-refractivity contribution < 1.29 is 17.9 Å². The van der Waals surface area contributed by atoms with E-state index in [1.807, 2.05) is 6.07 Å². The third-order valence-corrected chi connectivity index (χ3v) is 4.80. The third-order valence-electron chi connectivity index (χ3n) is 3.13. The highest BCUT2D eigenvalue weighted by molar-refractivity contribution is 7.91. The SMILES string of the molecule is N#Cc1cccc(S(=O)(=O)CCOCC2CNCCO2)c1. The van der Waals surface area contributed by atoms with Crippen LogP contribution in [0, 0.1) is 11.3 Å². The lowest BCUT2D eigenvalue weighted by atomic mass is 10.2. The molecule has 1 aliphatic rings. The predicted molar refractivity (Wildman–Crippen MR) is 76.6 cm³/mol. The minimum absolute atomic E-state index is 0.0247. The molecule has 0 aromatic heterocycles. The minimum atomic E-state index is -3.43. The molecule has 0 amide bonds. The molecular formula is C14H18N2O4S. The van der Waals surface area contributed by atoms with E-state index in [1.165, 1.54) is 12.1 Å². The zero-order valence-corrected chi connectivity index (χ0v) is 12.4. The highest BCUT2D eigenvalue weighted by Gasteiger charge is 2.17. The van der Waals surface area contributed by atoms with Crippen LogP contribution in [0.3, 0.4) is 0 Å². The number of benzene rings is 1. The number of morpholine rings is 1. The lowest BCUT2D eigenvalue weighted by molar-refractivity contribution is -0.0283. The van der Waals surface area contributed by atoms with E-state index in [-0.39, 0.29) is 23.4 Å². The Balaban J connectivity index is 1.82. The quantitative estimate of drug-likeness (QED) is 0.762. The van der Waals surface area contributed by atoms with Crippen molar-refractivity contribution in [3.8, 4) is 6.07 Å². The second kappa shape index (κ2) is 7.52. The Morgan fingerprint density at radius 2 is 2.33 bits per heavy atom. The summed E-state index contributed by atoms with van der Waals surface area (Å²) in [5, 5.41) is 12.0. The van der Waals surface area contributed by atoms with Gasteiger partial charge in [-0.15, -0.1) is 0 Å². The van der Waals surface area contributed by atoms with Gasteiger partial charge in [0.05, 0.1) is 48.2 Å². The number of sulfone groups is 1. The van der Waals surface area contributed by atoms with Gasteiger partial charge in [-0.2, -0.15) is 5.26 Å². The largest absolute Gasteiger partial charge is 0.378 e. The smallest absolute Gasteiger partial charge is 0.180 e. The first-order valence-electron chi connectivity index (χ1n) is 6.75. The van der Waals surface area contributed by atoms with Crippen LogP contribution in [-0.2, 0) is 19.3 Å². The van der Waals surface area contributed by atoms with Crippen molar-refractivity contribution in [2.24, 2.45) is 0 Å². The molecule has 0 saturated carbocycles. The van der Waals surface area contributed by atoms with E-state index in [1.54, 1.807) is 12.1 Å². The fraction of sp³-hybridized carbons (Fsp3) is 0.500. The molecule has 1 N–H and O–H groups in total. The number of rotatable bonds is 6. The van der Waals surface area contributed by atoms with Gasteiger partial charge in [0.2, 0.25) is 0 Å². The zero-order valence-electron chi connectivity index (χ0n) is 11.6. The number of hydrogen-bond acceptors (Lipinski definition) is 6. The maximum Gasteiger partial charge on any atom is 0.180 e. The summed E-state index contributed by atoms with van der Waals surface area (Å²) in [5.74, 6) is -0.109. The maximum absolute atomic E-state index is 12.1. The van der Waals surface area contributed by atoms with E-state index in [0.29, 0.717) is 18.8 Å². The van der Waals surface area contributed by atoms with Gasteiger partial charge in [-0.1, -0.05) is 6.07 Å². The van der Waals surface area contributed by atoms with E-state index in [9.17, 15) is 8.42 Å². The zero-order chi connectivity index (χ0) is 15.1. The van der Waals surface area contributed by atoms with Crippen molar-refractivity contribution in [2.45, 2.75) is 11.0 Å². The fourth-order valence-electron chi connectivity index (χ4n) is 1.99. The van der Waals surface area contributed by atoms with Gasteiger partial charge >= 0.3 is 0 Å². The molecule has 0 spiro atoms. The Morgan fingerprint density at radius 3 is 3.05 bits per heavy atom. The predicted octanol–water partition coefficient (Wildman–Crippen LogP) is 0.337. The van der Waals surface area contributed by atoms with Gasteiger partial charge in [0.15, 0.2) is 9.84 Å². The van der Waals surface area contributed by atoms with E-state index in [4.69, 9.17) is 14.7 Å². The summed E-state index contributed by atoms with van der Waals surface area (Å²) in [5.41, 5.74) is 0.332. The van der Waals surface area contributed by atoms with Crippen molar-refractivity contribution in [3.63, 3.8) is 0 Å². The fourth-order valence-corrected chi connectivity index (χ4v) is 3.15. The maximum atomic E-state index is 12.1. The molecule has 1 saturated heterocycles. The van der Waals surface area contributed by atoms with Crippen molar-refractivity contribution in [3.05, 3.63) is 29.8 Å². The normalized spacial score (nSPS) is 19.1. The molecule has 2 rings (SSSR count). The summed E-state index contributed by atoms with van der Waals surface area (Å²) >= 11 is 0. The molecule has 0 bridgehead atoms. The van der Waals surface area contributed by atoms with Crippen molar-refractivity contribution in [1.29, 1.82) is 5.26 Å². The van der Waals surface area contributed by atoms with Crippen molar-refractivity contribution in [2.75, 3.05) is 38.7 Å². The first kappa shape index (κ1) is 15.9. The van der Waals surface area contributed by atoms with Gasteiger partial charge in [-0.05, 0) is 18.2 Å². The lowest BCUT2D eigenvalue weighted by Crippen LogP contribution is -2.41. The molecule has 1 aliphatic heterocycles. The Labute approximate surface area is 124 Å². The van der Waals surface area contributed by atoms with Gasteiger partial charge < -0.3 is 14.8 Å². The Hall–Kier alpha value is -1.46. The minimum Gasteiger partial charge on any atom is -0.378 e. The average Bonchev–Trinajstić information content (AvgIpc) is 2.53. The molecule has 1 heterocycles. The molecule has 1 atom stereocenters. The number of nitrogens with zero attached hydrogens (tertiary/aromatic N) is 1. The molecule has 0 aliphatic carbocycles. The van der Waals surface area contributed by atoms with Gasteiger partial charge in [-0.3, -0.25) is 0 Å². The van der Waals surface area contributed by atoms with E-state index in [2.05, 4.69) is 5.32 Å². The van der Waals surface area contributed by atoms with Crippen LogP contribution in [0.4, 0.5) is 0 Å². The van der Waals surface area contributed by atoms with Crippen molar-refractivity contribution >= 4 is 9.84 Å². The molecule has 1 unspecified atom stereocenters. The summed E-state index contributed by atoms with van der Waals surface area (Å²) < 4.78 is 35.1. The van der Waals surface area contributed by atoms with Crippen LogP contribution in [-0.4, -0.2) is 53.2 Å². The topological polar surface area (TPSA) is 88.4 Å². The second-order valence-corrected chi connectivity index (χ2v) is 6.84. The van der Waals surface area contributed by atoms with E-state index >= 15 is 0 Å². The summed E-state index contributed by atoms with van der Waals surface area (Å²) in [7, 11) is -3.43. The van der Waals surface area contributed by atoms with Gasteiger partial charge in [0, 0.05) is 13.1 Å². The van der Waals surface area contributed by atoms with Crippen molar-refractivity contribution in [1.82, 2.24) is 5.32 Å². The van der Waals surface area contributed by atoms with Crippen LogP contribution in [0.25, 0.3) is 0 Å². The summed E-state index contributed by atoms with van der Waals surface area (Å²) in [6, 6.07) is 7.94. The van der Waals surface area contributed by atoms with Crippen LogP contribution in [0.2, 0.25) is 0 Å². The summed E-state index contributed by atoms with van der Waals surface area (Å²) in [4.78, 5) is 0.153. The number of ether oxygens (including phenoxy) is 2. The number of hydrogen-bond donors (Lipinski definition) is 1. The van der Waals surface area contributed by atoms with E-state index < -0.39 is 9.84 Å².